The largest absolute Gasteiger partial charge is 0.289 e. The van der Waals surface area contributed by atoms with E-state index in [-0.39, 0.29) is 10.7 Å². The second-order valence-electron chi connectivity index (χ2n) is 6.90. The van der Waals surface area contributed by atoms with Crippen LogP contribution < -0.4 is 0 Å². The van der Waals surface area contributed by atoms with Crippen molar-refractivity contribution in [3.05, 3.63) is 71.3 Å². The van der Waals surface area contributed by atoms with E-state index >= 15 is 0 Å². The minimum Gasteiger partial charge on any atom is -0.289 e. The van der Waals surface area contributed by atoms with E-state index in [1.165, 1.54) is 18.2 Å². The van der Waals surface area contributed by atoms with Crippen molar-refractivity contribution in [1.82, 2.24) is 4.31 Å². The number of ketones is 1. The van der Waals surface area contributed by atoms with Crippen LogP contribution in [0.5, 0.6) is 0 Å². The third-order valence-corrected chi connectivity index (χ3v) is 6.86. The van der Waals surface area contributed by atoms with Crippen molar-refractivity contribution in [3.8, 4) is 0 Å². The number of benzene rings is 2. The zero-order chi connectivity index (χ0) is 19.3. The van der Waals surface area contributed by atoms with Crippen molar-refractivity contribution < 1.29 is 13.2 Å². The van der Waals surface area contributed by atoms with Gasteiger partial charge in [-0.1, -0.05) is 43.2 Å². The summed E-state index contributed by atoms with van der Waals surface area (Å²) >= 11 is 0. The molecule has 3 rings (SSSR count). The van der Waals surface area contributed by atoms with Gasteiger partial charge in [0.25, 0.3) is 0 Å². The Balaban J connectivity index is 1.74. The summed E-state index contributed by atoms with van der Waals surface area (Å²) in [6, 6.07) is 14.1. The summed E-state index contributed by atoms with van der Waals surface area (Å²) in [6.07, 6.45) is 7.28. The van der Waals surface area contributed by atoms with Crippen molar-refractivity contribution in [3.63, 3.8) is 0 Å². The van der Waals surface area contributed by atoms with Crippen LogP contribution >= 0.6 is 0 Å². The molecule has 0 amide bonds. The quantitative estimate of drug-likeness (QED) is 0.566. The minimum absolute atomic E-state index is 0.142. The number of hydrogen-bond acceptors (Lipinski definition) is 3. The van der Waals surface area contributed by atoms with E-state index < -0.39 is 10.0 Å². The van der Waals surface area contributed by atoms with Gasteiger partial charge in [-0.3, -0.25) is 4.79 Å². The Morgan fingerprint density at radius 3 is 2.19 bits per heavy atom. The van der Waals surface area contributed by atoms with E-state index in [9.17, 15) is 13.2 Å². The van der Waals surface area contributed by atoms with Crippen LogP contribution in [0.3, 0.4) is 0 Å². The second kappa shape index (κ2) is 8.63. The molecular formula is C22H25NO3S. The van der Waals surface area contributed by atoms with Crippen LogP contribution in [0.25, 0.3) is 6.08 Å². The molecule has 1 saturated heterocycles. The highest BCUT2D eigenvalue weighted by molar-refractivity contribution is 7.89. The first-order valence-corrected chi connectivity index (χ1v) is 10.8. The summed E-state index contributed by atoms with van der Waals surface area (Å²) in [7, 11) is -3.48. The smallest absolute Gasteiger partial charge is 0.243 e. The molecule has 0 saturated carbocycles. The highest BCUT2D eigenvalue weighted by Crippen LogP contribution is 2.21. The number of rotatable bonds is 5. The number of allylic oxidation sites excluding steroid dienone is 1. The summed E-state index contributed by atoms with van der Waals surface area (Å²) in [5, 5.41) is 0. The van der Waals surface area contributed by atoms with Crippen LogP contribution in [-0.2, 0) is 10.0 Å². The van der Waals surface area contributed by atoms with Crippen LogP contribution in [0.4, 0.5) is 0 Å². The van der Waals surface area contributed by atoms with Crippen molar-refractivity contribution in [1.29, 1.82) is 0 Å². The summed E-state index contributed by atoms with van der Waals surface area (Å²) in [5.74, 6) is -0.142. The Labute approximate surface area is 161 Å². The number of nitrogens with zero attached hydrogens (tertiary/aromatic N) is 1. The van der Waals surface area contributed by atoms with Gasteiger partial charge >= 0.3 is 0 Å². The van der Waals surface area contributed by atoms with Crippen molar-refractivity contribution >= 4 is 21.9 Å². The van der Waals surface area contributed by atoms with Crippen LogP contribution in [0.1, 0.15) is 47.2 Å². The molecule has 2 aromatic carbocycles. The van der Waals surface area contributed by atoms with E-state index in [2.05, 4.69) is 0 Å². The topological polar surface area (TPSA) is 54.5 Å². The highest BCUT2D eigenvalue weighted by atomic mass is 32.2. The zero-order valence-corrected chi connectivity index (χ0v) is 16.4. The number of hydrogen-bond donors (Lipinski definition) is 0. The molecule has 0 N–H and O–H groups in total. The molecule has 0 radical (unpaired) electrons. The summed E-state index contributed by atoms with van der Waals surface area (Å²) in [6.45, 7) is 3.14. The van der Waals surface area contributed by atoms with Crippen LogP contribution in [0.2, 0.25) is 0 Å². The third kappa shape index (κ3) is 4.73. The van der Waals surface area contributed by atoms with Gasteiger partial charge in [-0.05, 0) is 61.2 Å². The first kappa shape index (κ1) is 19.5. The average Bonchev–Trinajstić information content (AvgIpc) is 2.97. The Morgan fingerprint density at radius 1 is 0.926 bits per heavy atom. The van der Waals surface area contributed by atoms with Crippen molar-refractivity contribution in [2.24, 2.45) is 0 Å². The molecule has 1 fully saturated rings. The Bertz CT molecular complexity index is 922. The lowest BCUT2D eigenvalue weighted by Gasteiger charge is -2.19. The maximum Gasteiger partial charge on any atom is 0.243 e. The molecule has 0 bridgehead atoms. The fourth-order valence-corrected chi connectivity index (χ4v) is 4.77. The zero-order valence-electron chi connectivity index (χ0n) is 15.6. The van der Waals surface area contributed by atoms with E-state index in [1.54, 1.807) is 22.5 Å². The van der Waals surface area contributed by atoms with Crippen LogP contribution in [-0.4, -0.2) is 31.6 Å². The molecule has 1 aliphatic rings. The molecule has 142 valence electrons. The lowest BCUT2D eigenvalue weighted by Crippen LogP contribution is -2.31. The highest BCUT2D eigenvalue weighted by Gasteiger charge is 2.25. The molecule has 27 heavy (non-hydrogen) atoms. The Morgan fingerprint density at radius 2 is 1.56 bits per heavy atom. The number of aryl methyl sites for hydroxylation is 1. The third-order valence-electron chi connectivity index (χ3n) is 4.94. The predicted molar refractivity (Wildman–Crippen MR) is 108 cm³/mol. The predicted octanol–water partition coefficient (Wildman–Crippen LogP) is 4.46. The lowest BCUT2D eigenvalue weighted by molar-refractivity contribution is 0.104. The van der Waals surface area contributed by atoms with Crippen molar-refractivity contribution in [2.75, 3.05) is 13.1 Å². The molecule has 4 nitrogen and oxygen atoms in total. The van der Waals surface area contributed by atoms with Crippen LogP contribution in [0.15, 0.2) is 59.5 Å². The van der Waals surface area contributed by atoms with Crippen molar-refractivity contribution in [2.45, 2.75) is 37.5 Å². The number of sulfonamides is 1. The van der Waals surface area contributed by atoms with Gasteiger partial charge in [0, 0.05) is 18.7 Å². The monoisotopic (exact) mass is 383 g/mol. The first-order valence-electron chi connectivity index (χ1n) is 9.37. The summed E-state index contributed by atoms with van der Waals surface area (Å²) in [5.41, 5.74) is 2.57. The van der Waals surface area contributed by atoms with Gasteiger partial charge in [0.2, 0.25) is 10.0 Å². The summed E-state index contributed by atoms with van der Waals surface area (Å²) in [4.78, 5) is 12.6. The van der Waals surface area contributed by atoms with E-state index in [4.69, 9.17) is 0 Å². The normalized spacial score (nSPS) is 16.3. The second-order valence-corrected chi connectivity index (χ2v) is 8.83. The minimum atomic E-state index is -3.48. The molecule has 5 heteroatoms. The van der Waals surface area contributed by atoms with E-state index in [0.29, 0.717) is 18.7 Å². The maximum atomic E-state index is 12.8. The Kier molecular flexibility index (Phi) is 6.24. The van der Waals surface area contributed by atoms with Gasteiger partial charge in [-0.15, -0.1) is 0 Å². The molecular weight excluding hydrogens is 358 g/mol. The average molecular weight is 384 g/mol. The molecule has 0 atom stereocenters. The maximum absolute atomic E-state index is 12.8. The summed E-state index contributed by atoms with van der Waals surface area (Å²) < 4.78 is 27.2. The fourth-order valence-electron chi connectivity index (χ4n) is 3.26. The number of carbonyl (C=O) groups excluding carboxylic acids is 1. The Hall–Kier alpha value is -2.24. The van der Waals surface area contributed by atoms with Gasteiger partial charge < -0.3 is 0 Å². The molecule has 1 aliphatic heterocycles. The standard InChI is InChI=1S/C22H25NO3S/c1-18-8-4-5-9-19(18)12-15-22(24)20-10-13-21(14-11-20)27(25,26)23-16-6-2-3-7-17-23/h4-5,8-15H,2-3,6-7,16-17H2,1H3. The SMILES string of the molecule is Cc1ccccc1C=CC(=O)c1ccc(S(=O)(=O)N2CCCCCC2)cc1. The molecule has 0 unspecified atom stereocenters. The van der Waals surface area contributed by atoms with Gasteiger partial charge in [-0.2, -0.15) is 4.31 Å². The molecule has 2 aromatic rings. The van der Waals surface area contributed by atoms with Crippen LogP contribution in [0, 0.1) is 6.92 Å². The first-order chi connectivity index (χ1) is 13.0. The van der Waals surface area contributed by atoms with Gasteiger partial charge in [0.05, 0.1) is 4.90 Å². The lowest BCUT2D eigenvalue weighted by atomic mass is 10.1. The molecule has 0 aliphatic carbocycles. The van der Waals surface area contributed by atoms with E-state index in [0.717, 1.165) is 36.8 Å². The fraction of sp³-hybridized carbons (Fsp3) is 0.318. The van der Waals surface area contributed by atoms with Gasteiger partial charge in [0.15, 0.2) is 5.78 Å². The van der Waals surface area contributed by atoms with Gasteiger partial charge in [-0.25, -0.2) is 8.42 Å². The van der Waals surface area contributed by atoms with E-state index in [1.807, 2.05) is 31.2 Å². The molecule has 0 aromatic heterocycles. The molecule has 0 spiro atoms. The van der Waals surface area contributed by atoms with Gasteiger partial charge in [0.1, 0.15) is 0 Å². The molecule has 1 heterocycles. The number of carbonyl (C=O) groups is 1.